The van der Waals surface area contributed by atoms with Gasteiger partial charge in [-0.2, -0.15) is 0 Å². The van der Waals surface area contributed by atoms with Gasteiger partial charge in [0.2, 0.25) is 0 Å². The maximum Gasteiger partial charge on any atom is 0.337 e. The van der Waals surface area contributed by atoms with E-state index < -0.39 is 11.9 Å². The van der Waals surface area contributed by atoms with E-state index in [1.165, 1.54) is 25.1 Å². The zero-order valence-electron chi connectivity index (χ0n) is 8.37. The Kier molecular flexibility index (Phi) is 3.92. The normalized spacial score (nSPS) is 8.88. The third-order valence-corrected chi connectivity index (χ3v) is 1.93. The van der Waals surface area contributed by atoms with E-state index in [-0.39, 0.29) is 16.3 Å². The van der Waals surface area contributed by atoms with Crippen LogP contribution < -0.4 is 5.32 Å². The Balaban J connectivity index is 3.07. The number of carbonyl (C=O) groups excluding carboxylic acids is 1. The number of hydrogen-bond acceptors (Lipinski definition) is 2. The molecule has 0 saturated carbocycles. The number of carbonyl (C=O) groups is 2. The lowest BCUT2D eigenvalue weighted by Gasteiger charge is -2.05. The second kappa shape index (κ2) is 5.19. The van der Waals surface area contributed by atoms with Gasteiger partial charge in [-0.1, -0.05) is 17.5 Å². The average molecular weight is 238 g/mol. The number of nitrogens with one attached hydrogen (secondary N) is 1. The van der Waals surface area contributed by atoms with Crippen molar-refractivity contribution in [2.24, 2.45) is 0 Å². The summed E-state index contributed by atoms with van der Waals surface area (Å²) in [5.74, 6) is 2.93. The van der Waals surface area contributed by atoms with E-state index >= 15 is 0 Å². The van der Waals surface area contributed by atoms with Gasteiger partial charge in [0.15, 0.2) is 0 Å². The maximum atomic E-state index is 11.2. The highest BCUT2D eigenvalue weighted by atomic mass is 35.5. The second-order valence-electron chi connectivity index (χ2n) is 2.82. The number of halogens is 1. The molecule has 0 fully saturated rings. The highest BCUT2D eigenvalue weighted by Gasteiger charge is 2.11. The van der Waals surface area contributed by atoms with Crippen LogP contribution in [0, 0.1) is 11.8 Å². The Bertz CT molecular complexity index is 500. The molecule has 0 unspecified atom stereocenters. The summed E-state index contributed by atoms with van der Waals surface area (Å²) in [4.78, 5) is 22.0. The summed E-state index contributed by atoms with van der Waals surface area (Å²) in [7, 11) is 0. The van der Waals surface area contributed by atoms with Gasteiger partial charge >= 0.3 is 5.97 Å². The van der Waals surface area contributed by atoms with E-state index in [4.69, 9.17) is 16.7 Å². The summed E-state index contributed by atoms with van der Waals surface area (Å²) >= 11 is 5.65. The number of carboxylic acid groups (broad SMARTS) is 1. The van der Waals surface area contributed by atoms with Crippen molar-refractivity contribution in [3.05, 3.63) is 28.8 Å². The Hall–Kier alpha value is -1.99. The summed E-state index contributed by atoms with van der Waals surface area (Å²) in [6.45, 7) is 1.51. The first-order valence-corrected chi connectivity index (χ1v) is 4.69. The minimum atomic E-state index is -1.16. The second-order valence-corrected chi connectivity index (χ2v) is 3.26. The van der Waals surface area contributed by atoms with Gasteiger partial charge in [-0.15, -0.1) is 0 Å². The standard InChI is InChI=1S/C11H8ClNO3/c1-2-3-10(14)13-9-5-4-7(12)6-8(9)11(15)16/h4-6H,1H3,(H,13,14)(H,15,16). The molecular formula is C11H8ClNO3. The zero-order valence-corrected chi connectivity index (χ0v) is 9.13. The summed E-state index contributed by atoms with van der Waals surface area (Å²) in [5, 5.41) is 11.5. The number of benzene rings is 1. The molecule has 0 heterocycles. The minimum absolute atomic E-state index is 0.0706. The maximum absolute atomic E-state index is 11.2. The number of anilines is 1. The van der Waals surface area contributed by atoms with Gasteiger partial charge in [0, 0.05) is 5.02 Å². The Morgan fingerprint density at radius 3 is 2.69 bits per heavy atom. The van der Waals surface area contributed by atoms with E-state index in [2.05, 4.69) is 17.2 Å². The van der Waals surface area contributed by atoms with Crippen molar-refractivity contribution < 1.29 is 14.7 Å². The van der Waals surface area contributed by atoms with Crippen molar-refractivity contribution in [2.45, 2.75) is 6.92 Å². The molecule has 0 aromatic heterocycles. The van der Waals surface area contributed by atoms with Crippen molar-refractivity contribution in [3.8, 4) is 11.8 Å². The van der Waals surface area contributed by atoms with Gasteiger partial charge in [-0.05, 0) is 31.0 Å². The fourth-order valence-electron chi connectivity index (χ4n) is 1.07. The summed E-state index contributed by atoms with van der Waals surface area (Å²) < 4.78 is 0. The molecule has 0 bridgehead atoms. The van der Waals surface area contributed by atoms with Crippen LogP contribution >= 0.6 is 11.6 Å². The van der Waals surface area contributed by atoms with Crippen molar-refractivity contribution in [2.75, 3.05) is 5.32 Å². The lowest BCUT2D eigenvalue weighted by Crippen LogP contribution is -2.12. The molecule has 5 heteroatoms. The van der Waals surface area contributed by atoms with Crippen LogP contribution in [0.4, 0.5) is 5.69 Å². The number of rotatable bonds is 2. The van der Waals surface area contributed by atoms with E-state index in [0.717, 1.165) is 0 Å². The lowest BCUT2D eigenvalue weighted by molar-refractivity contribution is -0.111. The van der Waals surface area contributed by atoms with Crippen LogP contribution in [0.2, 0.25) is 5.02 Å². The van der Waals surface area contributed by atoms with Gasteiger partial charge in [-0.3, -0.25) is 4.79 Å². The van der Waals surface area contributed by atoms with Crippen molar-refractivity contribution in [1.82, 2.24) is 0 Å². The fourth-order valence-corrected chi connectivity index (χ4v) is 1.24. The van der Waals surface area contributed by atoms with Crippen LogP contribution in [-0.2, 0) is 4.79 Å². The first-order chi connectivity index (χ1) is 7.54. The molecule has 16 heavy (non-hydrogen) atoms. The molecule has 1 aromatic rings. The Labute approximate surface area is 97.2 Å². The number of aromatic carboxylic acids is 1. The van der Waals surface area contributed by atoms with Crippen molar-refractivity contribution in [3.63, 3.8) is 0 Å². The van der Waals surface area contributed by atoms with Crippen molar-refractivity contribution >= 4 is 29.2 Å². The Morgan fingerprint density at radius 2 is 2.12 bits per heavy atom. The third-order valence-electron chi connectivity index (χ3n) is 1.70. The highest BCUT2D eigenvalue weighted by molar-refractivity contribution is 6.31. The molecule has 2 N–H and O–H groups in total. The molecule has 0 atom stereocenters. The molecule has 82 valence electrons. The number of hydrogen-bond donors (Lipinski definition) is 2. The predicted molar refractivity (Wildman–Crippen MR) is 60.5 cm³/mol. The minimum Gasteiger partial charge on any atom is -0.478 e. The number of carboxylic acids is 1. The summed E-state index contributed by atoms with van der Waals surface area (Å²) in [6, 6.07) is 4.17. The van der Waals surface area contributed by atoms with Gasteiger partial charge in [0.25, 0.3) is 5.91 Å². The summed E-state index contributed by atoms with van der Waals surface area (Å²) in [5.41, 5.74) is 0.100. The molecule has 1 rings (SSSR count). The monoisotopic (exact) mass is 237 g/mol. The van der Waals surface area contributed by atoms with Crippen molar-refractivity contribution in [1.29, 1.82) is 0 Å². The number of amides is 1. The van der Waals surface area contributed by atoms with Crippen LogP contribution in [-0.4, -0.2) is 17.0 Å². The molecule has 1 amide bonds. The van der Waals surface area contributed by atoms with Crippen LogP contribution in [0.1, 0.15) is 17.3 Å². The first-order valence-electron chi connectivity index (χ1n) is 4.31. The first kappa shape index (κ1) is 12.1. The molecule has 0 aliphatic heterocycles. The zero-order chi connectivity index (χ0) is 12.1. The molecule has 0 aliphatic rings. The molecule has 4 nitrogen and oxygen atoms in total. The molecular weight excluding hydrogens is 230 g/mol. The fraction of sp³-hybridized carbons (Fsp3) is 0.0909. The topological polar surface area (TPSA) is 66.4 Å². The quantitative estimate of drug-likeness (QED) is 0.773. The summed E-state index contributed by atoms with van der Waals surface area (Å²) in [6.07, 6.45) is 0. The SMILES string of the molecule is CC#CC(=O)Nc1ccc(Cl)cc1C(=O)O. The average Bonchev–Trinajstić information content (AvgIpc) is 2.20. The smallest absolute Gasteiger partial charge is 0.337 e. The van der Waals surface area contributed by atoms with Gasteiger partial charge in [0.05, 0.1) is 11.3 Å². The largest absolute Gasteiger partial charge is 0.478 e. The lowest BCUT2D eigenvalue weighted by atomic mass is 10.2. The molecule has 0 aliphatic carbocycles. The van der Waals surface area contributed by atoms with Gasteiger partial charge in [-0.25, -0.2) is 4.79 Å². The van der Waals surface area contributed by atoms with Crippen LogP contribution in [0.5, 0.6) is 0 Å². The molecule has 1 aromatic carbocycles. The van der Waals surface area contributed by atoms with Gasteiger partial charge in [0.1, 0.15) is 0 Å². The third kappa shape index (κ3) is 3.01. The van der Waals surface area contributed by atoms with Gasteiger partial charge < -0.3 is 10.4 Å². The van der Waals surface area contributed by atoms with Crippen LogP contribution in [0.3, 0.4) is 0 Å². The van der Waals surface area contributed by atoms with E-state index in [0.29, 0.717) is 0 Å². The molecule has 0 radical (unpaired) electrons. The predicted octanol–water partition coefficient (Wildman–Crippen LogP) is 2.00. The molecule has 0 spiro atoms. The van der Waals surface area contributed by atoms with E-state index in [1.807, 2.05) is 0 Å². The van der Waals surface area contributed by atoms with Crippen LogP contribution in [0.25, 0.3) is 0 Å². The Morgan fingerprint density at radius 1 is 1.44 bits per heavy atom. The van der Waals surface area contributed by atoms with E-state index in [1.54, 1.807) is 0 Å². The molecule has 0 saturated heterocycles. The van der Waals surface area contributed by atoms with E-state index in [9.17, 15) is 9.59 Å². The van der Waals surface area contributed by atoms with Crippen LogP contribution in [0.15, 0.2) is 18.2 Å². The highest BCUT2D eigenvalue weighted by Crippen LogP contribution is 2.20.